The normalized spacial score (nSPS) is 13.5. The maximum Gasteiger partial charge on any atom is 0.306 e. The number of esters is 3. The molecule has 0 amide bonds. The van der Waals surface area contributed by atoms with E-state index in [4.69, 9.17) is 14.2 Å². The van der Waals surface area contributed by atoms with Crippen LogP contribution in [0.4, 0.5) is 0 Å². The summed E-state index contributed by atoms with van der Waals surface area (Å²) < 4.78 is 16.8. The van der Waals surface area contributed by atoms with E-state index in [9.17, 15) is 14.4 Å². The Hall–Kier alpha value is -6.01. The first kappa shape index (κ1) is 77.0. The fraction of sp³-hybridized carbons (Fsp3) is 0.519. The van der Waals surface area contributed by atoms with Crippen LogP contribution in [-0.4, -0.2) is 37.2 Å². The average Bonchev–Trinajstić information content (AvgIpc) is 3.49. The molecule has 0 aromatic heterocycles. The molecule has 0 heterocycles. The van der Waals surface area contributed by atoms with Gasteiger partial charge in [-0.15, -0.1) is 0 Å². The number of allylic oxidation sites excluding steroid dienone is 34. The van der Waals surface area contributed by atoms with Crippen LogP contribution in [-0.2, 0) is 28.6 Å². The fourth-order valence-corrected chi connectivity index (χ4v) is 8.03. The van der Waals surface area contributed by atoms with Gasteiger partial charge in [-0.1, -0.05) is 272 Å². The Morgan fingerprint density at radius 2 is 0.458 bits per heavy atom. The number of unbranched alkanes of at least 4 members (excludes halogenated alkanes) is 11. The molecule has 6 nitrogen and oxygen atoms in total. The van der Waals surface area contributed by atoms with E-state index < -0.39 is 6.10 Å². The highest BCUT2D eigenvalue weighted by Gasteiger charge is 2.19. The van der Waals surface area contributed by atoms with Crippen molar-refractivity contribution in [1.82, 2.24) is 0 Å². The van der Waals surface area contributed by atoms with Crippen LogP contribution >= 0.6 is 0 Å². The largest absolute Gasteiger partial charge is 0.462 e. The molecule has 0 bridgehead atoms. The minimum absolute atomic E-state index is 0.128. The van der Waals surface area contributed by atoms with Crippen molar-refractivity contribution < 1.29 is 28.6 Å². The second-order valence-electron chi connectivity index (χ2n) is 20.5. The summed E-state index contributed by atoms with van der Waals surface area (Å²) in [7, 11) is 0. The Morgan fingerprint density at radius 3 is 0.747 bits per heavy atom. The molecule has 6 heteroatoms. The predicted octanol–water partition coefficient (Wildman–Crippen LogP) is 22.8. The van der Waals surface area contributed by atoms with Gasteiger partial charge in [-0.05, 0) is 154 Å². The van der Waals surface area contributed by atoms with Gasteiger partial charge in [0.15, 0.2) is 6.10 Å². The second-order valence-corrected chi connectivity index (χ2v) is 20.5. The zero-order valence-corrected chi connectivity index (χ0v) is 52.6. The van der Waals surface area contributed by atoms with Crippen LogP contribution in [0.25, 0.3) is 0 Å². The smallest absolute Gasteiger partial charge is 0.306 e. The molecule has 0 aliphatic carbocycles. The molecule has 1 unspecified atom stereocenters. The summed E-state index contributed by atoms with van der Waals surface area (Å²) in [6, 6.07) is 0. The number of ether oxygens (including phenoxy) is 3. The maximum absolute atomic E-state index is 12.9. The summed E-state index contributed by atoms with van der Waals surface area (Å²) in [4.78, 5) is 38.3. The lowest BCUT2D eigenvalue weighted by Crippen LogP contribution is -2.30. The van der Waals surface area contributed by atoms with Crippen molar-refractivity contribution in [1.29, 1.82) is 0 Å². The number of hydrogen-bond acceptors (Lipinski definition) is 6. The quantitative estimate of drug-likeness (QED) is 0.0261. The molecule has 83 heavy (non-hydrogen) atoms. The van der Waals surface area contributed by atoms with E-state index in [1.165, 1.54) is 12.8 Å². The lowest BCUT2D eigenvalue weighted by atomic mass is 10.1. The highest BCUT2D eigenvalue weighted by molar-refractivity contribution is 5.71. The van der Waals surface area contributed by atoms with Gasteiger partial charge < -0.3 is 14.2 Å². The van der Waals surface area contributed by atoms with Crippen molar-refractivity contribution in [2.24, 2.45) is 0 Å². The van der Waals surface area contributed by atoms with E-state index in [1.807, 2.05) is 12.2 Å². The summed E-state index contributed by atoms with van der Waals surface area (Å²) in [6.45, 7) is 6.18. The Labute approximate surface area is 509 Å². The van der Waals surface area contributed by atoms with Gasteiger partial charge in [0.25, 0.3) is 0 Å². The van der Waals surface area contributed by atoms with Gasteiger partial charge in [0, 0.05) is 19.3 Å². The number of carbonyl (C=O) groups excluding carboxylic acids is 3. The molecule has 0 aromatic carbocycles. The van der Waals surface area contributed by atoms with Gasteiger partial charge >= 0.3 is 17.9 Å². The van der Waals surface area contributed by atoms with Crippen molar-refractivity contribution >= 4 is 17.9 Å². The molecule has 0 saturated heterocycles. The van der Waals surface area contributed by atoms with E-state index in [0.29, 0.717) is 12.8 Å². The Kier molecular flexibility index (Phi) is 63.5. The zero-order valence-electron chi connectivity index (χ0n) is 52.6. The van der Waals surface area contributed by atoms with Crippen LogP contribution in [0.3, 0.4) is 0 Å². The Bertz CT molecular complexity index is 2030. The molecule has 0 aromatic rings. The van der Waals surface area contributed by atoms with Crippen LogP contribution < -0.4 is 0 Å². The molecule has 0 N–H and O–H groups in total. The molecule has 0 saturated carbocycles. The van der Waals surface area contributed by atoms with E-state index in [1.54, 1.807) is 0 Å². The van der Waals surface area contributed by atoms with Crippen molar-refractivity contribution in [3.05, 3.63) is 207 Å². The van der Waals surface area contributed by atoms with Gasteiger partial charge in [0.2, 0.25) is 0 Å². The minimum Gasteiger partial charge on any atom is -0.462 e. The predicted molar refractivity (Wildman–Crippen MR) is 361 cm³/mol. The van der Waals surface area contributed by atoms with Gasteiger partial charge in [-0.3, -0.25) is 14.4 Å². The van der Waals surface area contributed by atoms with Gasteiger partial charge in [-0.2, -0.15) is 0 Å². The van der Waals surface area contributed by atoms with Crippen molar-refractivity contribution in [2.75, 3.05) is 13.2 Å². The monoisotopic (exact) mass is 1140 g/mol. The Balaban J connectivity index is 4.46. The number of carbonyl (C=O) groups is 3. The molecular formula is C77H116O6. The van der Waals surface area contributed by atoms with Gasteiger partial charge in [0.1, 0.15) is 13.2 Å². The number of rotatable bonds is 56. The highest BCUT2D eigenvalue weighted by atomic mass is 16.6. The molecule has 0 rings (SSSR count). The molecule has 0 aliphatic heterocycles. The summed E-state index contributed by atoms with van der Waals surface area (Å²) in [5.41, 5.74) is 0. The van der Waals surface area contributed by atoms with Crippen LogP contribution in [0.5, 0.6) is 0 Å². The summed E-state index contributed by atoms with van der Waals surface area (Å²) in [6.07, 6.45) is 106. The summed E-state index contributed by atoms with van der Waals surface area (Å²) >= 11 is 0. The lowest BCUT2D eigenvalue weighted by Gasteiger charge is -2.18. The average molecular weight is 1140 g/mol. The molecule has 1 atom stereocenters. The molecule has 0 radical (unpaired) electrons. The minimum atomic E-state index is -0.838. The molecule has 0 aliphatic rings. The van der Waals surface area contributed by atoms with Crippen molar-refractivity contribution in [2.45, 2.75) is 245 Å². The van der Waals surface area contributed by atoms with Crippen molar-refractivity contribution in [3.8, 4) is 0 Å². The first-order valence-corrected chi connectivity index (χ1v) is 32.6. The molecular weight excluding hydrogens is 1020 g/mol. The zero-order chi connectivity index (χ0) is 59.9. The first-order valence-electron chi connectivity index (χ1n) is 32.6. The summed E-state index contributed by atoms with van der Waals surface area (Å²) in [5, 5.41) is 0. The van der Waals surface area contributed by atoms with E-state index >= 15 is 0 Å². The first-order chi connectivity index (χ1) is 41.0. The van der Waals surface area contributed by atoms with Crippen LogP contribution in [0.2, 0.25) is 0 Å². The Morgan fingerprint density at radius 1 is 0.241 bits per heavy atom. The van der Waals surface area contributed by atoms with Crippen LogP contribution in [0, 0.1) is 0 Å². The van der Waals surface area contributed by atoms with Gasteiger partial charge in [0.05, 0.1) is 0 Å². The van der Waals surface area contributed by atoms with Crippen LogP contribution in [0.15, 0.2) is 207 Å². The molecule has 0 spiro atoms. The van der Waals surface area contributed by atoms with E-state index in [0.717, 1.165) is 180 Å². The SMILES string of the molecule is CC/C=C\C/C=C\C/C=C\C/C=C\C/C=C\C/C=C\C/C=C\C/C=C\CCCCCCCCC(=O)OCC(COC(=O)CC/C=C\C/C=C\C/C=C\C/C=C\CC)OC(=O)CCCCCCC/C=C\C/C=C\C/C=C\C/C=C\C/C=C\CC. The molecule has 460 valence electrons. The third kappa shape index (κ3) is 66.7. The number of hydrogen-bond donors (Lipinski definition) is 0. The van der Waals surface area contributed by atoms with E-state index in [-0.39, 0.29) is 44.0 Å². The standard InChI is InChI=1S/C77H116O6/c1-4-7-10-13-16-19-22-25-27-29-31-33-34-35-36-37-38-39-40-41-42-44-45-47-49-52-55-58-61-64-67-70-76(79)82-73-74(72-81-75(78)69-66-63-60-57-54-51-24-21-18-15-12-9-6-3)83-77(80)71-68-65-62-59-56-53-50-48-46-43-32-30-28-26-23-20-17-14-11-8-5-2/h7-12,16-21,25-28,31-33,35-36,38-39,41-43,45,47-48,50-51,54,60,63,74H,4-6,13-15,22-24,29-30,34,37,40,44,46,49,52-53,55-59,61-62,64-73H2,1-3H3/b10-7-,11-8-,12-9-,19-16-,20-17-,21-18-,27-25-,28-26-,33-31-,36-35-,39-38-,42-41-,43-32-,47-45-,50-48-,54-51-,63-60-. The van der Waals surface area contributed by atoms with Crippen molar-refractivity contribution in [3.63, 3.8) is 0 Å². The summed E-state index contributed by atoms with van der Waals surface area (Å²) in [5.74, 6) is -1.06. The second kappa shape index (κ2) is 68.5. The molecule has 0 fully saturated rings. The third-order valence-electron chi connectivity index (χ3n) is 12.8. The highest BCUT2D eigenvalue weighted by Crippen LogP contribution is 2.13. The van der Waals surface area contributed by atoms with Crippen LogP contribution in [0.1, 0.15) is 239 Å². The lowest BCUT2D eigenvalue weighted by molar-refractivity contribution is -0.166. The van der Waals surface area contributed by atoms with E-state index in [2.05, 4.69) is 215 Å². The maximum atomic E-state index is 12.9. The van der Waals surface area contributed by atoms with Gasteiger partial charge in [-0.25, -0.2) is 0 Å². The topological polar surface area (TPSA) is 78.9 Å². The third-order valence-corrected chi connectivity index (χ3v) is 12.8. The fourth-order valence-electron chi connectivity index (χ4n) is 8.03.